The zero-order valence-electron chi connectivity index (χ0n) is 13.7. The Kier molecular flexibility index (Phi) is 4.89. The number of hydrogen-bond donors (Lipinski definition) is 0. The minimum Gasteiger partial charge on any atom is -0.361 e. The highest BCUT2D eigenvalue weighted by Crippen LogP contribution is 2.18. The lowest BCUT2D eigenvalue weighted by atomic mass is 10.1. The number of carbonyl (C=O) groups excluding carboxylic acids is 1. The molecule has 6 nitrogen and oxygen atoms in total. The van der Waals surface area contributed by atoms with Crippen LogP contribution in [-0.4, -0.2) is 30.8 Å². The van der Waals surface area contributed by atoms with Gasteiger partial charge in [0.2, 0.25) is 5.91 Å². The maximum Gasteiger partial charge on any atom is 0.266 e. The van der Waals surface area contributed by atoms with Crippen LogP contribution in [0.15, 0.2) is 33.7 Å². The minimum atomic E-state index is -3.82. The summed E-state index contributed by atoms with van der Waals surface area (Å²) in [6, 6.07) is 6.41. The molecule has 0 N–H and O–H groups in total. The molecule has 1 aromatic heterocycles. The zero-order chi connectivity index (χ0) is 17.2. The monoisotopic (exact) mass is 336 g/mol. The fraction of sp³-hybridized carbons (Fsp3) is 0.375. The molecule has 0 aliphatic heterocycles. The summed E-state index contributed by atoms with van der Waals surface area (Å²) in [7, 11) is -2.54. The maximum atomic E-state index is 12.5. The molecule has 1 amide bonds. The van der Waals surface area contributed by atoms with Crippen LogP contribution in [0.1, 0.15) is 29.0 Å². The number of rotatable bonds is 5. The van der Waals surface area contributed by atoms with Gasteiger partial charge >= 0.3 is 0 Å². The van der Waals surface area contributed by atoms with E-state index in [1.165, 1.54) is 19.2 Å². The lowest BCUT2D eigenvalue weighted by molar-refractivity contribution is -0.125. The van der Waals surface area contributed by atoms with Gasteiger partial charge in [-0.25, -0.2) is 12.7 Å². The van der Waals surface area contributed by atoms with E-state index in [1.807, 2.05) is 6.92 Å². The number of aryl methyl sites for hydroxylation is 3. The predicted molar refractivity (Wildman–Crippen MR) is 85.4 cm³/mol. The van der Waals surface area contributed by atoms with Crippen LogP contribution in [0.2, 0.25) is 0 Å². The summed E-state index contributed by atoms with van der Waals surface area (Å²) in [5, 5.41) is 3.83. The summed E-state index contributed by atoms with van der Waals surface area (Å²) >= 11 is 0. The molecule has 23 heavy (non-hydrogen) atoms. The van der Waals surface area contributed by atoms with Crippen molar-refractivity contribution < 1.29 is 17.7 Å². The van der Waals surface area contributed by atoms with E-state index in [0.717, 1.165) is 21.1 Å². The summed E-state index contributed by atoms with van der Waals surface area (Å²) in [5.74, 6) is 0.185. The summed E-state index contributed by atoms with van der Waals surface area (Å²) in [6.45, 7) is 5.44. The average molecular weight is 336 g/mol. The molecule has 0 saturated carbocycles. The Morgan fingerprint density at radius 1 is 1.17 bits per heavy atom. The van der Waals surface area contributed by atoms with Gasteiger partial charge in [-0.2, -0.15) is 0 Å². The van der Waals surface area contributed by atoms with Gasteiger partial charge in [0.1, 0.15) is 5.76 Å². The topological polar surface area (TPSA) is 80.5 Å². The van der Waals surface area contributed by atoms with Gasteiger partial charge in [-0.15, -0.1) is 0 Å². The standard InChI is InChI=1S/C16H20N2O4S/c1-11-5-7-14(8-6-11)23(20,21)18(4)16(19)10-9-15-12(2)17-22-13(15)3/h5-8H,9-10H2,1-4H3. The summed E-state index contributed by atoms with van der Waals surface area (Å²) in [4.78, 5) is 12.4. The normalized spacial score (nSPS) is 11.5. The van der Waals surface area contributed by atoms with Gasteiger partial charge in [0.05, 0.1) is 10.6 Å². The molecule has 0 atom stereocenters. The lowest BCUT2D eigenvalue weighted by Crippen LogP contribution is -2.33. The first kappa shape index (κ1) is 17.2. The molecule has 0 radical (unpaired) electrons. The van der Waals surface area contributed by atoms with E-state index in [0.29, 0.717) is 12.2 Å². The minimum absolute atomic E-state index is 0.0739. The van der Waals surface area contributed by atoms with Crippen molar-refractivity contribution in [1.82, 2.24) is 9.46 Å². The Labute approximate surface area is 136 Å². The predicted octanol–water partition coefficient (Wildman–Crippen LogP) is 2.38. The highest BCUT2D eigenvalue weighted by atomic mass is 32.2. The zero-order valence-corrected chi connectivity index (χ0v) is 14.5. The molecule has 0 fully saturated rings. The highest BCUT2D eigenvalue weighted by molar-refractivity contribution is 7.89. The molecule has 0 saturated heterocycles. The number of nitrogens with zero attached hydrogens (tertiary/aromatic N) is 2. The third-order valence-corrected chi connectivity index (χ3v) is 5.59. The number of sulfonamides is 1. The van der Waals surface area contributed by atoms with Crippen LogP contribution in [0.3, 0.4) is 0 Å². The first-order valence-corrected chi connectivity index (χ1v) is 8.67. The second-order valence-electron chi connectivity index (χ2n) is 5.48. The number of amides is 1. The van der Waals surface area contributed by atoms with Crippen LogP contribution < -0.4 is 0 Å². The van der Waals surface area contributed by atoms with Gasteiger partial charge < -0.3 is 4.52 Å². The van der Waals surface area contributed by atoms with Gasteiger partial charge in [-0.05, 0) is 39.3 Å². The van der Waals surface area contributed by atoms with Crippen molar-refractivity contribution in [2.75, 3.05) is 7.05 Å². The lowest BCUT2D eigenvalue weighted by Gasteiger charge is -2.17. The Hall–Kier alpha value is -2.15. The summed E-state index contributed by atoms with van der Waals surface area (Å²) in [6.07, 6.45) is 0.470. The van der Waals surface area contributed by atoms with Crippen molar-refractivity contribution in [2.24, 2.45) is 0 Å². The number of carbonyl (C=O) groups is 1. The molecular weight excluding hydrogens is 316 g/mol. The van der Waals surface area contributed by atoms with Gasteiger partial charge in [0.25, 0.3) is 10.0 Å². The number of aromatic nitrogens is 1. The average Bonchev–Trinajstić information content (AvgIpc) is 2.83. The molecule has 124 valence electrons. The van der Waals surface area contributed by atoms with Gasteiger partial charge in [0.15, 0.2) is 0 Å². The van der Waals surface area contributed by atoms with Crippen LogP contribution in [0.4, 0.5) is 0 Å². The van der Waals surface area contributed by atoms with Crippen molar-refractivity contribution in [1.29, 1.82) is 0 Å². The van der Waals surface area contributed by atoms with E-state index in [1.54, 1.807) is 26.0 Å². The molecular formula is C16H20N2O4S. The maximum absolute atomic E-state index is 12.5. The van der Waals surface area contributed by atoms with E-state index >= 15 is 0 Å². The van der Waals surface area contributed by atoms with E-state index in [2.05, 4.69) is 5.16 Å². The Bertz CT molecular complexity index is 788. The first-order chi connectivity index (χ1) is 10.7. The van der Waals surface area contributed by atoms with E-state index in [4.69, 9.17) is 4.52 Å². The highest BCUT2D eigenvalue weighted by Gasteiger charge is 2.25. The molecule has 0 spiro atoms. The van der Waals surface area contributed by atoms with Gasteiger partial charge in [0, 0.05) is 19.0 Å². The summed E-state index contributed by atoms with van der Waals surface area (Å²) < 4.78 is 30.8. The molecule has 2 aromatic rings. The third kappa shape index (κ3) is 3.61. The van der Waals surface area contributed by atoms with E-state index < -0.39 is 15.9 Å². The fourth-order valence-corrected chi connectivity index (χ4v) is 3.41. The number of benzene rings is 1. The quantitative estimate of drug-likeness (QED) is 0.837. The van der Waals surface area contributed by atoms with Crippen molar-refractivity contribution in [3.05, 3.63) is 46.8 Å². The van der Waals surface area contributed by atoms with Crippen LogP contribution >= 0.6 is 0 Å². The largest absolute Gasteiger partial charge is 0.361 e. The fourth-order valence-electron chi connectivity index (χ4n) is 2.25. The van der Waals surface area contributed by atoms with Crippen molar-refractivity contribution in [3.8, 4) is 0 Å². The van der Waals surface area contributed by atoms with Crippen LogP contribution in [0, 0.1) is 20.8 Å². The molecule has 1 aromatic carbocycles. The van der Waals surface area contributed by atoms with Crippen molar-refractivity contribution in [3.63, 3.8) is 0 Å². The van der Waals surface area contributed by atoms with Crippen molar-refractivity contribution in [2.45, 2.75) is 38.5 Å². The van der Waals surface area contributed by atoms with Gasteiger partial charge in [-0.1, -0.05) is 22.9 Å². The van der Waals surface area contributed by atoms with Gasteiger partial charge in [-0.3, -0.25) is 4.79 Å². The van der Waals surface area contributed by atoms with E-state index in [-0.39, 0.29) is 11.3 Å². The van der Waals surface area contributed by atoms with E-state index in [9.17, 15) is 13.2 Å². The van der Waals surface area contributed by atoms with Crippen LogP contribution in [-0.2, 0) is 21.2 Å². The molecule has 0 unspecified atom stereocenters. The molecule has 0 aliphatic rings. The van der Waals surface area contributed by atoms with Crippen molar-refractivity contribution >= 4 is 15.9 Å². The SMILES string of the molecule is Cc1ccc(S(=O)(=O)N(C)C(=O)CCc2c(C)noc2C)cc1. The molecule has 7 heteroatoms. The Morgan fingerprint density at radius 3 is 2.30 bits per heavy atom. The third-order valence-electron chi connectivity index (χ3n) is 3.80. The van der Waals surface area contributed by atoms with Crippen LogP contribution in [0.5, 0.6) is 0 Å². The Morgan fingerprint density at radius 2 is 1.78 bits per heavy atom. The molecule has 2 rings (SSSR count). The first-order valence-electron chi connectivity index (χ1n) is 7.23. The number of hydrogen-bond acceptors (Lipinski definition) is 5. The van der Waals surface area contributed by atoms with Crippen LogP contribution in [0.25, 0.3) is 0 Å². The second-order valence-corrected chi connectivity index (χ2v) is 7.45. The molecule has 0 bridgehead atoms. The Balaban J connectivity index is 2.11. The molecule has 0 aliphatic carbocycles. The smallest absolute Gasteiger partial charge is 0.266 e. The summed E-state index contributed by atoms with van der Waals surface area (Å²) in [5.41, 5.74) is 2.52. The second kappa shape index (κ2) is 6.54. The molecule has 1 heterocycles.